The molecule has 17 heavy (non-hydrogen) atoms. The third-order valence-corrected chi connectivity index (χ3v) is 3.82. The monoisotopic (exact) mass is 276 g/mol. The Morgan fingerprint density at radius 1 is 1.47 bits per heavy atom. The number of carbonyl (C=O) groups is 1. The summed E-state index contributed by atoms with van der Waals surface area (Å²) in [6.07, 6.45) is 1.14. The van der Waals surface area contributed by atoms with Gasteiger partial charge in [0, 0.05) is 5.02 Å². The summed E-state index contributed by atoms with van der Waals surface area (Å²) in [7, 11) is -3.84. The van der Waals surface area contributed by atoms with Crippen molar-refractivity contribution in [2.24, 2.45) is 0 Å². The largest absolute Gasteiger partial charge is 0.506 e. The Morgan fingerprint density at radius 2 is 2.06 bits per heavy atom. The van der Waals surface area contributed by atoms with E-state index in [0.29, 0.717) is 0 Å². The van der Waals surface area contributed by atoms with E-state index >= 15 is 0 Å². The maximum Gasteiger partial charge on any atom is 0.339 e. The van der Waals surface area contributed by atoms with Crippen LogP contribution < -0.4 is 0 Å². The van der Waals surface area contributed by atoms with Gasteiger partial charge in [-0.1, -0.05) is 17.7 Å². The third kappa shape index (κ3) is 2.78. The van der Waals surface area contributed by atoms with Gasteiger partial charge in [-0.25, -0.2) is 13.2 Å². The van der Waals surface area contributed by atoms with E-state index in [0.717, 1.165) is 18.2 Å². The van der Waals surface area contributed by atoms with Gasteiger partial charge in [0.2, 0.25) is 0 Å². The first-order valence-corrected chi connectivity index (χ1v) is 6.42. The minimum atomic E-state index is -3.84. The van der Waals surface area contributed by atoms with Crippen LogP contribution in [0, 0.1) is 0 Å². The first-order chi connectivity index (χ1) is 7.79. The molecule has 0 aliphatic heterocycles. The second kappa shape index (κ2) is 4.77. The molecule has 0 aliphatic carbocycles. The minimum absolute atomic E-state index is 0.0807. The Labute approximate surface area is 103 Å². The van der Waals surface area contributed by atoms with Crippen LogP contribution in [-0.2, 0) is 9.84 Å². The topological polar surface area (TPSA) is 91.7 Å². The highest BCUT2D eigenvalue weighted by Gasteiger charge is 2.23. The van der Waals surface area contributed by atoms with Gasteiger partial charge in [0.15, 0.2) is 9.84 Å². The van der Waals surface area contributed by atoms with Crippen LogP contribution in [0.5, 0.6) is 5.75 Å². The van der Waals surface area contributed by atoms with E-state index in [1.54, 1.807) is 0 Å². The number of aromatic hydroxyl groups is 1. The number of sulfone groups is 1. The lowest BCUT2D eigenvalue weighted by Gasteiger charge is -2.08. The lowest BCUT2D eigenvalue weighted by molar-refractivity contribution is 0.0693. The molecule has 0 amide bonds. The van der Waals surface area contributed by atoms with Crippen molar-refractivity contribution >= 4 is 27.4 Å². The fourth-order valence-corrected chi connectivity index (χ4v) is 2.70. The molecule has 0 spiro atoms. The van der Waals surface area contributed by atoms with Gasteiger partial charge in [-0.15, -0.1) is 6.58 Å². The number of phenols is 1. The summed E-state index contributed by atoms with van der Waals surface area (Å²) in [4.78, 5) is 10.3. The zero-order valence-electron chi connectivity index (χ0n) is 8.55. The predicted molar refractivity (Wildman–Crippen MR) is 62.3 cm³/mol. The Bertz CT molecular complexity index is 577. The number of hydrogen-bond donors (Lipinski definition) is 2. The quantitative estimate of drug-likeness (QED) is 0.817. The zero-order chi connectivity index (χ0) is 13.2. The normalized spacial score (nSPS) is 11.1. The number of rotatable bonds is 4. The highest BCUT2D eigenvalue weighted by atomic mass is 35.5. The Morgan fingerprint density at radius 3 is 2.53 bits per heavy atom. The molecule has 2 N–H and O–H groups in total. The van der Waals surface area contributed by atoms with Crippen LogP contribution >= 0.6 is 11.6 Å². The number of halogens is 1. The highest BCUT2D eigenvalue weighted by Crippen LogP contribution is 2.31. The number of carboxylic acid groups (broad SMARTS) is 1. The second-order valence-electron chi connectivity index (χ2n) is 3.18. The smallest absolute Gasteiger partial charge is 0.339 e. The number of benzene rings is 1. The van der Waals surface area contributed by atoms with Gasteiger partial charge in [0.25, 0.3) is 0 Å². The molecule has 0 aromatic heterocycles. The zero-order valence-corrected chi connectivity index (χ0v) is 10.1. The van der Waals surface area contributed by atoms with E-state index in [4.69, 9.17) is 16.7 Å². The van der Waals surface area contributed by atoms with E-state index in [1.807, 2.05) is 0 Å². The summed E-state index contributed by atoms with van der Waals surface area (Å²) in [6.45, 7) is 3.27. The number of aromatic carboxylic acids is 1. The van der Waals surface area contributed by atoms with E-state index in [2.05, 4.69) is 6.58 Å². The molecule has 0 saturated carbocycles. The van der Waals surface area contributed by atoms with Gasteiger partial charge in [0.05, 0.1) is 5.75 Å². The van der Waals surface area contributed by atoms with Crippen LogP contribution in [0.15, 0.2) is 29.7 Å². The van der Waals surface area contributed by atoms with Crippen molar-refractivity contribution in [2.45, 2.75) is 4.90 Å². The summed E-state index contributed by atoms with van der Waals surface area (Å²) < 4.78 is 23.4. The molecule has 0 atom stereocenters. The molecule has 0 saturated heterocycles. The average Bonchev–Trinajstić information content (AvgIpc) is 2.20. The number of hydrogen-bond acceptors (Lipinski definition) is 4. The van der Waals surface area contributed by atoms with E-state index in [-0.39, 0.29) is 5.02 Å². The van der Waals surface area contributed by atoms with Crippen LogP contribution in [0.4, 0.5) is 0 Å². The van der Waals surface area contributed by atoms with Gasteiger partial charge in [0.1, 0.15) is 16.2 Å². The van der Waals surface area contributed by atoms with E-state index in [9.17, 15) is 18.3 Å². The Balaban J connectivity index is 3.55. The summed E-state index contributed by atoms with van der Waals surface area (Å²) >= 11 is 5.61. The molecule has 1 aromatic rings. The molecule has 0 radical (unpaired) electrons. The van der Waals surface area contributed by atoms with Crippen LogP contribution in [0.3, 0.4) is 0 Å². The van der Waals surface area contributed by atoms with Gasteiger partial charge >= 0.3 is 5.97 Å². The highest BCUT2D eigenvalue weighted by molar-refractivity contribution is 7.91. The molecule has 92 valence electrons. The van der Waals surface area contributed by atoms with Crippen LogP contribution in [0.2, 0.25) is 5.02 Å². The van der Waals surface area contributed by atoms with Crippen LogP contribution in [-0.4, -0.2) is 30.4 Å². The first-order valence-electron chi connectivity index (χ1n) is 4.39. The average molecular weight is 277 g/mol. The number of carboxylic acids is 1. The maximum absolute atomic E-state index is 11.7. The molecule has 1 aromatic carbocycles. The van der Waals surface area contributed by atoms with Crippen molar-refractivity contribution in [3.05, 3.63) is 35.4 Å². The molecule has 1 rings (SSSR count). The molecule has 5 nitrogen and oxygen atoms in total. The van der Waals surface area contributed by atoms with Crippen molar-refractivity contribution in [2.75, 3.05) is 5.75 Å². The van der Waals surface area contributed by atoms with Crippen LogP contribution in [0.1, 0.15) is 10.4 Å². The third-order valence-electron chi connectivity index (χ3n) is 1.94. The van der Waals surface area contributed by atoms with E-state index in [1.165, 1.54) is 0 Å². The van der Waals surface area contributed by atoms with Crippen molar-refractivity contribution < 1.29 is 23.4 Å². The molecular formula is C10H9ClO5S. The molecule has 0 unspecified atom stereocenters. The van der Waals surface area contributed by atoms with Gasteiger partial charge in [-0.2, -0.15) is 0 Å². The minimum Gasteiger partial charge on any atom is -0.506 e. The fraction of sp³-hybridized carbons (Fsp3) is 0.100. The maximum atomic E-state index is 11.7. The molecule has 0 bridgehead atoms. The summed E-state index contributed by atoms with van der Waals surface area (Å²) in [5.74, 6) is -2.69. The molecule has 0 aliphatic rings. The van der Waals surface area contributed by atoms with Crippen molar-refractivity contribution in [3.63, 3.8) is 0 Å². The lowest BCUT2D eigenvalue weighted by Crippen LogP contribution is -2.07. The van der Waals surface area contributed by atoms with Crippen molar-refractivity contribution in [3.8, 4) is 5.75 Å². The summed E-state index contributed by atoms with van der Waals surface area (Å²) in [5.41, 5.74) is -0.555. The second-order valence-corrected chi connectivity index (χ2v) is 5.61. The molecule has 0 heterocycles. The molecule has 0 fully saturated rings. The summed E-state index contributed by atoms with van der Waals surface area (Å²) in [6, 6.07) is 1.98. The van der Waals surface area contributed by atoms with Gasteiger partial charge in [-0.3, -0.25) is 0 Å². The SMILES string of the molecule is C=CCS(=O)(=O)c1cc(Cl)cc(C(=O)O)c1O. The Kier molecular flexibility index (Phi) is 3.79. The Hall–Kier alpha value is -1.53. The molecular weight excluding hydrogens is 268 g/mol. The van der Waals surface area contributed by atoms with Crippen molar-refractivity contribution in [1.29, 1.82) is 0 Å². The van der Waals surface area contributed by atoms with Gasteiger partial charge < -0.3 is 10.2 Å². The fourth-order valence-electron chi connectivity index (χ4n) is 1.22. The predicted octanol–water partition coefficient (Wildman–Crippen LogP) is 1.70. The van der Waals surface area contributed by atoms with Crippen molar-refractivity contribution in [1.82, 2.24) is 0 Å². The molecule has 7 heteroatoms. The standard InChI is InChI=1S/C10H9ClO5S/c1-2-3-17(15,16)8-5-6(11)4-7(9(8)12)10(13)14/h2,4-5,12H,1,3H2,(H,13,14). The van der Waals surface area contributed by atoms with E-state index < -0.39 is 37.8 Å². The van der Waals surface area contributed by atoms with Gasteiger partial charge in [-0.05, 0) is 12.1 Å². The first kappa shape index (κ1) is 13.5. The lowest BCUT2D eigenvalue weighted by atomic mass is 10.2. The van der Waals surface area contributed by atoms with Crippen LogP contribution in [0.25, 0.3) is 0 Å². The summed E-state index contributed by atoms with van der Waals surface area (Å²) in [5, 5.41) is 18.3.